The van der Waals surface area contributed by atoms with Crippen LogP contribution in [0.4, 0.5) is 8.78 Å². The Morgan fingerprint density at radius 1 is 0.974 bits per heavy atom. The third-order valence-electron chi connectivity index (χ3n) is 6.27. The molecule has 0 unspecified atom stereocenters. The van der Waals surface area contributed by atoms with Crippen LogP contribution in [0.15, 0.2) is 77.2 Å². The first-order valence-corrected chi connectivity index (χ1v) is 12.6. The largest absolute Gasteiger partial charge is 0.441 e. The van der Waals surface area contributed by atoms with E-state index in [2.05, 4.69) is 34.7 Å². The summed E-state index contributed by atoms with van der Waals surface area (Å²) in [6, 6.07) is 19.6. The van der Waals surface area contributed by atoms with E-state index in [1.54, 1.807) is 6.92 Å². The van der Waals surface area contributed by atoms with Crippen molar-refractivity contribution in [2.75, 3.05) is 6.54 Å². The number of amides is 1. The second-order valence-corrected chi connectivity index (χ2v) is 9.22. The number of hydrogen-bond donors (Lipinski definition) is 3. The summed E-state index contributed by atoms with van der Waals surface area (Å²) in [6.45, 7) is 4.38. The van der Waals surface area contributed by atoms with Crippen LogP contribution in [0.5, 0.6) is 0 Å². The number of aryl methyl sites for hydroxylation is 2. The molecule has 3 aromatic carbocycles. The van der Waals surface area contributed by atoms with Gasteiger partial charge in [0.2, 0.25) is 5.89 Å². The van der Waals surface area contributed by atoms with Gasteiger partial charge in [0.05, 0.1) is 12.1 Å². The molecule has 1 amide bonds. The number of carbonyl (C=O) groups is 1. The maximum absolute atomic E-state index is 13.9. The molecule has 4 aromatic rings. The smallest absolute Gasteiger partial charge is 0.273 e. The maximum Gasteiger partial charge on any atom is 0.273 e. The van der Waals surface area contributed by atoms with Crippen LogP contribution < -0.4 is 10.6 Å². The van der Waals surface area contributed by atoms with Gasteiger partial charge in [-0.1, -0.05) is 49.4 Å². The number of aliphatic hydroxyl groups is 1. The zero-order valence-electron chi connectivity index (χ0n) is 21.4. The molecule has 0 fully saturated rings. The van der Waals surface area contributed by atoms with Crippen LogP contribution >= 0.6 is 0 Å². The third-order valence-corrected chi connectivity index (χ3v) is 6.27. The standard InChI is InChI=1S/C30H31F2N3O3/c1-3-20-8-7-9-21(12-20)17-33-18-27(36)26(15-22-13-24(31)16-25(32)14-22)34-29(37)28-19(2)38-30(35-28)23-10-5-4-6-11-23/h4-14,16,26-27,33,36H,3,15,17-18H2,1-2H3,(H,34,37)/t26-,27-/m0/s1. The molecule has 1 heterocycles. The predicted molar refractivity (Wildman–Crippen MR) is 142 cm³/mol. The number of nitrogens with one attached hydrogen (secondary N) is 2. The lowest BCUT2D eigenvalue weighted by Gasteiger charge is -2.25. The van der Waals surface area contributed by atoms with Crippen LogP contribution in [0.25, 0.3) is 11.5 Å². The zero-order chi connectivity index (χ0) is 27.1. The highest BCUT2D eigenvalue weighted by Crippen LogP contribution is 2.22. The SMILES string of the molecule is CCc1cccc(CNC[C@H](O)[C@H](Cc2cc(F)cc(F)c2)NC(=O)c2nc(-c3ccccc3)oc2C)c1. The van der Waals surface area contributed by atoms with E-state index in [1.807, 2.05) is 42.5 Å². The minimum absolute atomic E-state index is 0.0109. The van der Waals surface area contributed by atoms with Gasteiger partial charge in [-0.2, -0.15) is 0 Å². The summed E-state index contributed by atoms with van der Waals surface area (Å²) in [5.74, 6) is -1.39. The van der Waals surface area contributed by atoms with Gasteiger partial charge in [-0.05, 0) is 60.7 Å². The summed E-state index contributed by atoms with van der Waals surface area (Å²) < 4.78 is 33.4. The van der Waals surface area contributed by atoms with E-state index < -0.39 is 29.7 Å². The van der Waals surface area contributed by atoms with E-state index in [4.69, 9.17) is 4.42 Å². The average molecular weight is 520 g/mol. The Kier molecular flexibility index (Phi) is 8.99. The lowest BCUT2D eigenvalue weighted by atomic mass is 10.00. The second-order valence-electron chi connectivity index (χ2n) is 9.22. The molecule has 4 rings (SSSR count). The van der Waals surface area contributed by atoms with Gasteiger partial charge >= 0.3 is 0 Å². The van der Waals surface area contributed by atoms with Gasteiger partial charge in [0.1, 0.15) is 17.4 Å². The van der Waals surface area contributed by atoms with Crippen molar-refractivity contribution in [2.24, 2.45) is 0 Å². The van der Waals surface area contributed by atoms with Gasteiger partial charge in [0.15, 0.2) is 5.69 Å². The topological polar surface area (TPSA) is 87.4 Å². The van der Waals surface area contributed by atoms with Gasteiger partial charge in [0, 0.05) is 24.7 Å². The molecular weight excluding hydrogens is 488 g/mol. The number of oxazole rings is 1. The maximum atomic E-state index is 13.9. The van der Waals surface area contributed by atoms with Crippen molar-refractivity contribution in [1.29, 1.82) is 0 Å². The van der Waals surface area contributed by atoms with Crippen molar-refractivity contribution in [3.8, 4) is 11.5 Å². The molecule has 0 aliphatic carbocycles. The summed E-state index contributed by atoms with van der Waals surface area (Å²) in [5.41, 5.74) is 3.38. The normalized spacial score (nSPS) is 12.8. The molecule has 8 heteroatoms. The summed E-state index contributed by atoms with van der Waals surface area (Å²) in [4.78, 5) is 17.6. The Bertz CT molecular complexity index is 1350. The first kappa shape index (κ1) is 27.2. The first-order chi connectivity index (χ1) is 18.3. The van der Waals surface area contributed by atoms with Crippen molar-refractivity contribution in [2.45, 2.75) is 45.4 Å². The van der Waals surface area contributed by atoms with Crippen molar-refractivity contribution in [1.82, 2.24) is 15.6 Å². The first-order valence-electron chi connectivity index (χ1n) is 12.6. The number of aromatic nitrogens is 1. The van der Waals surface area contributed by atoms with Crippen molar-refractivity contribution in [3.63, 3.8) is 0 Å². The Hall–Kier alpha value is -3.88. The summed E-state index contributed by atoms with van der Waals surface area (Å²) in [6.07, 6.45) is -0.125. The minimum Gasteiger partial charge on any atom is -0.441 e. The van der Waals surface area contributed by atoms with Crippen molar-refractivity contribution < 1.29 is 23.1 Å². The molecule has 0 radical (unpaired) electrons. The van der Waals surface area contributed by atoms with Crippen LogP contribution in [-0.2, 0) is 19.4 Å². The second kappa shape index (κ2) is 12.6. The number of hydrogen-bond acceptors (Lipinski definition) is 5. The van der Waals surface area contributed by atoms with Crippen LogP contribution in [-0.4, -0.2) is 34.7 Å². The lowest BCUT2D eigenvalue weighted by Crippen LogP contribution is -2.48. The average Bonchev–Trinajstić information content (AvgIpc) is 3.30. The Labute approximate surface area is 220 Å². The fourth-order valence-electron chi connectivity index (χ4n) is 4.28. The van der Waals surface area contributed by atoms with Crippen LogP contribution in [0, 0.1) is 18.6 Å². The summed E-state index contributed by atoms with van der Waals surface area (Å²) in [5, 5.41) is 17.0. The van der Waals surface area contributed by atoms with E-state index in [-0.39, 0.29) is 18.7 Å². The number of benzene rings is 3. The van der Waals surface area contributed by atoms with E-state index in [0.29, 0.717) is 23.8 Å². The number of nitrogens with zero attached hydrogens (tertiary/aromatic N) is 1. The van der Waals surface area contributed by atoms with Gasteiger partial charge in [0.25, 0.3) is 5.91 Å². The summed E-state index contributed by atoms with van der Waals surface area (Å²) >= 11 is 0. The van der Waals surface area contributed by atoms with Crippen molar-refractivity contribution >= 4 is 5.91 Å². The summed E-state index contributed by atoms with van der Waals surface area (Å²) in [7, 11) is 0. The number of rotatable bonds is 11. The Morgan fingerprint density at radius 3 is 2.39 bits per heavy atom. The van der Waals surface area contributed by atoms with E-state index in [0.717, 1.165) is 23.6 Å². The Balaban J connectivity index is 1.49. The molecule has 0 bridgehead atoms. The molecule has 6 nitrogen and oxygen atoms in total. The number of halogens is 2. The molecular formula is C30H31F2N3O3. The van der Waals surface area contributed by atoms with Gasteiger partial charge in [-0.25, -0.2) is 13.8 Å². The molecule has 2 atom stereocenters. The Morgan fingerprint density at radius 2 is 1.68 bits per heavy atom. The van der Waals surface area contributed by atoms with Gasteiger partial charge < -0.3 is 20.2 Å². The molecule has 0 saturated carbocycles. The van der Waals surface area contributed by atoms with Crippen LogP contribution in [0.3, 0.4) is 0 Å². The zero-order valence-corrected chi connectivity index (χ0v) is 21.4. The molecule has 0 aliphatic heterocycles. The molecule has 0 saturated heterocycles. The quantitative estimate of drug-likeness (QED) is 0.260. The monoisotopic (exact) mass is 519 g/mol. The molecule has 198 valence electrons. The molecule has 3 N–H and O–H groups in total. The number of carbonyl (C=O) groups excluding carboxylic acids is 1. The minimum atomic E-state index is -1.06. The molecule has 1 aromatic heterocycles. The molecule has 38 heavy (non-hydrogen) atoms. The van der Waals surface area contributed by atoms with Crippen molar-refractivity contribution in [3.05, 3.63) is 113 Å². The van der Waals surface area contributed by atoms with Gasteiger partial charge in [-0.15, -0.1) is 0 Å². The fraction of sp³-hybridized carbons (Fsp3) is 0.267. The highest BCUT2D eigenvalue weighted by atomic mass is 19.1. The van der Waals surface area contributed by atoms with Gasteiger partial charge in [-0.3, -0.25) is 4.79 Å². The highest BCUT2D eigenvalue weighted by molar-refractivity contribution is 5.94. The van der Waals surface area contributed by atoms with E-state index in [9.17, 15) is 18.7 Å². The number of aliphatic hydroxyl groups excluding tert-OH is 1. The van der Waals surface area contributed by atoms with E-state index in [1.165, 1.54) is 17.7 Å². The molecule has 0 aliphatic rings. The lowest BCUT2D eigenvalue weighted by molar-refractivity contribution is 0.0824. The van der Waals surface area contributed by atoms with Crippen LogP contribution in [0.2, 0.25) is 0 Å². The highest BCUT2D eigenvalue weighted by Gasteiger charge is 2.26. The van der Waals surface area contributed by atoms with Crippen LogP contribution in [0.1, 0.15) is 39.9 Å². The third kappa shape index (κ3) is 7.12. The van der Waals surface area contributed by atoms with E-state index >= 15 is 0 Å². The fourth-order valence-corrected chi connectivity index (χ4v) is 4.28. The molecule has 0 spiro atoms. The predicted octanol–water partition coefficient (Wildman–Crippen LogP) is 4.98.